The van der Waals surface area contributed by atoms with Gasteiger partial charge in [-0.1, -0.05) is 34.8 Å². The number of rotatable bonds is 4. The summed E-state index contributed by atoms with van der Waals surface area (Å²) < 4.78 is 5.22. The molecule has 0 aliphatic rings. The second-order valence-electron chi connectivity index (χ2n) is 4.23. The van der Waals surface area contributed by atoms with Crippen LogP contribution in [0.4, 0.5) is 0 Å². The standard InChI is InChI=1S/C14H10Cl3N3O3/c15-9-4-11(17)12(5-10(9)16)23-7-13(21)19-20-14(22)8-2-1-3-18-6-8/h1-6H,7H2,(H,19,21)(H,20,22). The highest BCUT2D eigenvalue weighted by molar-refractivity contribution is 6.43. The van der Waals surface area contributed by atoms with Crippen LogP contribution in [0.5, 0.6) is 5.75 Å². The molecular formula is C14H10Cl3N3O3. The smallest absolute Gasteiger partial charge is 0.276 e. The number of benzene rings is 1. The third kappa shape index (κ3) is 4.99. The fourth-order valence-electron chi connectivity index (χ4n) is 1.49. The molecule has 2 aromatic rings. The highest BCUT2D eigenvalue weighted by Gasteiger charge is 2.11. The van der Waals surface area contributed by atoms with Crippen LogP contribution in [0.1, 0.15) is 10.4 Å². The molecule has 0 atom stereocenters. The van der Waals surface area contributed by atoms with E-state index in [0.717, 1.165) is 0 Å². The van der Waals surface area contributed by atoms with Crippen LogP contribution < -0.4 is 15.6 Å². The van der Waals surface area contributed by atoms with Crippen molar-refractivity contribution in [3.63, 3.8) is 0 Å². The minimum atomic E-state index is -0.579. The molecule has 0 aliphatic heterocycles. The number of nitrogens with zero attached hydrogens (tertiary/aromatic N) is 1. The van der Waals surface area contributed by atoms with Gasteiger partial charge in [-0.05, 0) is 18.2 Å². The van der Waals surface area contributed by atoms with Crippen LogP contribution in [0, 0.1) is 0 Å². The molecule has 0 saturated heterocycles. The highest BCUT2D eigenvalue weighted by Crippen LogP contribution is 2.33. The number of pyridine rings is 1. The summed E-state index contributed by atoms with van der Waals surface area (Å²) in [6, 6.07) is 5.96. The predicted molar refractivity (Wildman–Crippen MR) is 86.8 cm³/mol. The number of halogens is 3. The lowest BCUT2D eigenvalue weighted by atomic mass is 10.3. The summed E-state index contributed by atoms with van der Waals surface area (Å²) in [5.74, 6) is -0.877. The van der Waals surface area contributed by atoms with Gasteiger partial charge < -0.3 is 4.74 Å². The van der Waals surface area contributed by atoms with E-state index in [9.17, 15) is 9.59 Å². The van der Waals surface area contributed by atoms with Gasteiger partial charge in [0.1, 0.15) is 5.75 Å². The number of carbonyl (C=O) groups excluding carboxylic acids is 2. The molecule has 120 valence electrons. The van der Waals surface area contributed by atoms with Crippen LogP contribution in [-0.4, -0.2) is 23.4 Å². The second kappa shape index (κ2) is 8.01. The number of nitrogens with one attached hydrogen (secondary N) is 2. The van der Waals surface area contributed by atoms with Gasteiger partial charge in [0, 0.05) is 18.5 Å². The lowest BCUT2D eigenvalue weighted by molar-refractivity contribution is -0.123. The Balaban J connectivity index is 1.84. The molecule has 23 heavy (non-hydrogen) atoms. The monoisotopic (exact) mass is 373 g/mol. The van der Waals surface area contributed by atoms with E-state index in [-0.39, 0.29) is 27.4 Å². The molecule has 0 saturated carbocycles. The maximum absolute atomic E-state index is 11.7. The fraction of sp³-hybridized carbons (Fsp3) is 0.0714. The van der Waals surface area contributed by atoms with Crippen molar-refractivity contribution in [1.82, 2.24) is 15.8 Å². The molecule has 1 heterocycles. The lowest BCUT2D eigenvalue weighted by Crippen LogP contribution is -2.43. The van der Waals surface area contributed by atoms with Crippen molar-refractivity contribution in [2.45, 2.75) is 0 Å². The SMILES string of the molecule is O=C(COc1cc(Cl)c(Cl)cc1Cl)NNC(=O)c1cccnc1. The van der Waals surface area contributed by atoms with E-state index >= 15 is 0 Å². The highest BCUT2D eigenvalue weighted by atomic mass is 35.5. The molecule has 0 fully saturated rings. The molecule has 2 rings (SSSR count). The van der Waals surface area contributed by atoms with Crippen molar-refractivity contribution in [3.05, 3.63) is 57.3 Å². The van der Waals surface area contributed by atoms with Gasteiger partial charge in [0.15, 0.2) is 6.61 Å². The van der Waals surface area contributed by atoms with Gasteiger partial charge in [0.05, 0.1) is 20.6 Å². The van der Waals surface area contributed by atoms with Gasteiger partial charge in [0.2, 0.25) is 0 Å². The van der Waals surface area contributed by atoms with Gasteiger partial charge in [-0.3, -0.25) is 25.4 Å². The van der Waals surface area contributed by atoms with Crippen molar-refractivity contribution >= 4 is 46.6 Å². The van der Waals surface area contributed by atoms with Crippen molar-refractivity contribution in [2.75, 3.05) is 6.61 Å². The van der Waals surface area contributed by atoms with Gasteiger partial charge in [-0.15, -0.1) is 0 Å². The number of amides is 2. The maximum Gasteiger partial charge on any atom is 0.276 e. The lowest BCUT2D eigenvalue weighted by Gasteiger charge is -2.10. The van der Waals surface area contributed by atoms with Gasteiger partial charge in [-0.25, -0.2) is 0 Å². The first-order chi connectivity index (χ1) is 11.0. The molecule has 2 amide bonds. The van der Waals surface area contributed by atoms with Crippen LogP contribution in [0.3, 0.4) is 0 Å². The summed E-state index contributed by atoms with van der Waals surface area (Å²) in [7, 11) is 0. The summed E-state index contributed by atoms with van der Waals surface area (Å²) in [6.45, 7) is -0.370. The molecule has 1 aromatic carbocycles. The van der Waals surface area contributed by atoms with Crippen LogP contribution in [0.15, 0.2) is 36.7 Å². The van der Waals surface area contributed by atoms with E-state index in [1.54, 1.807) is 12.1 Å². The molecule has 0 radical (unpaired) electrons. The van der Waals surface area contributed by atoms with Crippen molar-refractivity contribution in [3.8, 4) is 5.75 Å². The van der Waals surface area contributed by atoms with Crippen molar-refractivity contribution < 1.29 is 14.3 Å². The molecule has 0 bridgehead atoms. The molecule has 0 aliphatic carbocycles. The molecule has 0 unspecified atom stereocenters. The van der Waals surface area contributed by atoms with Gasteiger partial charge in [0.25, 0.3) is 11.8 Å². The Morgan fingerprint density at radius 3 is 2.52 bits per heavy atom. The normalized spacial score (nSPS) is 10.0. The summed E-state index contributed by atoms with van der Waals surface area (Å²) in [5.41, 5.74) is 4.74. The Bertz CT molecular complexity index is 726. The van der Waals surface area contributed by atoms with E-state index in [2.05, 4.69) is 15.8 Å². The zero-order chi connectivity index (χ0) is 16.8. The van der Waals surface area contributed by atoms with E-state index in [0.29, 0.717) is 5.56 Å². The number of ether oxygens (including phenoxy) is 1. The molecule has 1 aromatic heterocycles. The third-order valence-electron chi connectivity index (χ3n) is 2.57. The van der Waals surface area contributed by atoms with Gasteiger partial charge in [-0.2, -0.15) is 0 Å². The van der Waals surface area contributed by atoms with Crippen LogP contribution in [0.2, 0.25) is 15.1 Å². The van der Waals surface area contributed by atoms with Crippen LogP contribution >= 0.6 is 34.8 Å². The van der Waals surface area contributed by atoms with E-state index in [1.807, 2.05) is 0 Å². The first kappa shape index (κ1) is 17.3. The van der Waals surface area contributed by atoms with Crippen LogP contribution in [-0.2, 0) is 4.79 Å². The number of aromatic nitrogens is 1. The van der Waals surface area contributed by atoms with Crippen molar-refractivity contribution in [1.29, 1.82) is 0 Å². The fourth-order valence-corrected chi connectivity index (χ4v) is 2.08. The first-order valence-corrected chi connectivity index (χ1v) is 7.37. The topological polar surface area (TPSA) is 80.3 Å². The minimum Gasteiger partial charge on any atom is -0.482 e. The number of hydrazine groups is 1. The zero-order valence-corrected chi connectivity index (χ0v) is 13.7. The zero-order valence-electron chi connectivity index (χ0n) is 11.5. The summed E-state index contributed by atoms with van der Waals surface area (Å²) in [6.07, 6.45) is 2.90. The largest absolute Gasteiger partial charge is 0.482 e. The Morgan fingerprint density at radius 2 is 1.83 bits per heavy atom. The quantitative estimate of drug-likeness (QED) is 0.637. The van der Waals surface area contributed by atoms with Crippen molar-refractivity contribution in [2.24, 2.45) is 0 Å². The van der Waals surface area contributed by atoms with E-state index < -0.39 is 11.8 Å². The Morgan fingerprint density at radius 1 is 1.09 bits per heavy atom. The molecule has 2 N–H and O–H groups in total. The average Bonchev–Trinajstić information content (AvgIpc) is 2.55. The summed E-state index contributed by atoms with van der Waals surface area (Å²) in [4.78, 5) is 27.1. The Labute approximate surface area is 146 Å². The number of hydrogen-bond donors (Lipinski definition) is 2. The van der Waals surface area contributed by atoms with Gasteiger partial charge >= 0.3 is 0 Å². The first-order valence-electron chi connectivity index (χ1n) is 6.24. The summed E-state index contributed by atoms with van der Waals surface area (Å²) >= 11 is 17.5. The predicted octanol–water partition coefficient (Wildman–Crippen LogP) is 2.88. The molecular weight excluding hydrogens is 365 g/mol. The Hall–Kier alpha value is -2.02. The van der Waals surface area contributed by atoms with Crippen LogP contribution in [0.25, 0.3) is 0 Å². The molecule has 0 spiro atoms. The van der Waals surface area contributed by atoms with E-state index in [4.69, 9.17) is 39.5 Å². The Kier molecular flexibility index (Phi) is 6.04. The minimum absolute atomic E-state index is 0.204. The molecule has 6 nitrogen and oxygen atoms in total. The average molecular weight is 375 g/mol. The second-order valence-corrected chi connectivity index (χ2v) is 5.45. The maximum atomic E-state index is 11.7. The number of hydrogen-bond acceptors (Lipinski definition) is 4. The van der Waals surface area contributed by atoms with E-state index in [1.165, 1.54) is 24.5 Å². The molecule has 9 heteroatoms. The summed E-state index contributed by atoms with van der Waals surface area (Å²) in [5, 5.41) is 0.736. The number of carbonyl (C=O) groups is 2. The third-order valence-corrected chi connectivity index (χ3v) is 3.59.